The van der Waals surface area contributed by atoms with Gasteiger partial charge in [-0.2, -0.15) is 0 Å². The van der Waals surface area contributed by atoms with Crippen molar-refractivity contribution in [1.29, 1.82) is 0 Å². The summed E-state index contributed by atoms with van der Waals surface area (Å²) in [5.74, 6) is 0. The van der Waals surface area contributed by atoms with Crippen molar-refractivity contribution in [3.63, 3.8) is 0 Å². The Balaban J connectivity index is 1.32. The zero-order valence-corrected chi connectivity index (χ0v) is 23.2. The maximum atomic E-state index is 2.48. The van der Waals surface area contributed by atoms with E-state index in [4.69, 9.17) is 0 Å². The number of hydrogen-bond acceptors (Lipinski definition) is 0. The molecule has 0 radical (unpaired) electrons. The average Bonchev–Trinajstić information content (AvgIpc) is 3.57. The number of aromatic nitrogens is 2. The van der Waals surface area contributed by atoms with E-state index in [1.165, 1.54) is 77.2 Å². The number of fused-ring (bicyclic) bond motifs is 7. The second-order valence-electron chi connectivity index (χ2n) is 11.2. The van der Waals surface area contributed by atoms with E-state index < -0.39 is 0 Å². The molecule has 2 heteroatoms. The molecule has 0 bridgehead atoms. The molecule has 1 aliphatic rings. The minimum atomic E-state index is 1.02. The fourth-order valence-corrected chi connectivity index (χ4v) is 7.22. The van der Waals surface area contributed by atoms with Crippen molar-refractivity contribution in [3.8, 4) is 11.4 Å². The lowest BCUT2D eigenvalue weighted by Crippen LogP contribution is -2.06. The fourth-order valence-electron chi connectivity index (χ4n) is 7.22. The van der Waals surface area contributed by atoms with Crippen LogP contribution in [0.4, 0.5) is 0 Å². The maximum Gasteiger partial charge on any atom is 0.0547 e. The molecule has 0 unspecified atom stereocenters. The summed E-state index contributed by atoms with van der Waals surface area (Å²) in [6, 6.07) is 50.9. The molecular weight excluding hydrogens is 508 g/mol. The average molecular weight is 537 g/mol. The van der Waals surface area contributed by atoms with Crippen molar-refractivity contribution < 1.29 is 0 Å². The van der Waals surface area contributed by atoms with Gasteiger partial charge in [-0.25, -0.2) is 0 Å². The number of nitrogens with zero attached hydrogens (tertiary/aromatic N) is 2. The summed E-state index contributed by atoms with van der Waals surface area (Å²) in [7, 11) is 0. The number of rotatable bonds is 3. The van der Waals surface area contributed by atoms with Crippen LogP contribution in [0.25, 0.3) is 60.4 Å². The number of para-hydroxylation sites is 3. The van der Waals surface area contributed by atoms with Gasteiger partial charge in [-0.1, -0.05) is 109 Å². The van der Waals surface area contributed by atoms with Gasteiger partial charge in [-0.15, -0.1) is 0 Å². The highest BCUT2D eigenvalue weighted by Gasteiger charge is 2.25. The third kappa shape index (κ3) is 3.33. The molecule has 2 aromatic heterocycles. The van der Waals surface area contributed by atoms with Crippen LogP contribution < -0.4 is 0 Å². The van der Waals surface area contributed by atoms with E-state index in [9.17, 15) is 0 Å². The van der Waals surface area contributed by atoms with Crippen LogP contribution in [0.2, 0.25) is 0 Å². The first-order valence-corrected chi connectivity index (χ1v) is 14.8. The summed E-state index contributed by atoms with van der Waals surface area (Å²) in [6.07, 6.45) is 4.51. The van der Waals surface area contributed by atoms with Crippen LogP contribution >= 0.6 is 0 Å². The lowest BCUT2D eigenvalue weighted by Gasteiger charge is -2.19. The Morgan fingerprint density at radius 3 is 2.00 bits per heavy atom. The quantitative estimate of drug-likeness (QED) is 0.213. The third-order valence-electron chi connectivity index (χ3n) is 8.98. The fraction of sp³-hybridized carbons (Fsp3) is 0.0500. The molecule has 42 heavy (non-hydrogen) atoms. The molecular formula is C40H28N2. The molecule has 0 fully saturated rings. The molecule has 2 nitrogen and oxygen atoms in total. The molecule has 0 aliphatic heterocycles. The summed E-state index contributed by atoms with van der Waals surface area (Å²) in [5, 5.41) is 6.40. The van der Waals surface area contributed by atoms with E-state index in [1.807, 2.05) is 0 Å². The zero-order chi connectivity index (χ0) is 27.6. The molecule has 0 saturated heterocycles. The van der Waals surface area contributed by atoms with Crippen LogP contribution in [0.1, 0.15) is 23.2 Å². The van der Waals surface area contributed by atoms with Crippen LogP contribution in [-0.4, -0.2) is 9.13 Å². The summed E-state index contributed by atoms with van der Waals surface area (Å²) in [5.41, 5.74) is 11.6. The standard InChI is InChI=1S/C40H28N2/c1-2-14-29(15-3-1)41-37-21-9-7-18-34(37)40-31(19-11-23-38(40)41)28-24-25-33-32-17-6-8-20-36(32)42(39(33)26-28)35-22-10-13-27-12-4-5-16-30(27)35/h1-10,12-22,24-26H,11,23H2. The monoisotopic (exact) mass is 536 g/mol. The predicted octanol–water partition coefficient (Wildman–Crippen LogP) is 10.3. The van der Waals surface area contributed by atoms with E-state index in [-0.39, 0.29) is 0 Å². The van der Waals surface area contributed by atoms with E-state index in [2.05, 4.69) is 155 Å². The molecule has 9 rings (SSSR count). The Morgan fingerprint density at radius 1 is 0.476 bits per heavy atom. The minimum absolute atomic E-state index is 1.02. The van der Waals surface area contributed by atoms with Crippen LogP contribution in [0.5, 0.6) is 0 Å². The molecule has 6 aromatic carbocycles. The second kappa shape index (κ2) is 9.09. The van der Waals surface area contributed by atoms with E-state index >= 15 is 0 Å². The van der Waals surface area contributed by atoms with Gasteiger partial charge in [0, 0.05) is 38.5 Å². The number of hydrogen-bond donors (Lipinski definition) is 0. The minimum Gasteiger partial charge on any atom is -0.313 e. The lowest BCUT2D eigenvalue weighted by atomic mass is 9.89. The van der Waals surface area contributed by atoms with E-state index in [0.717, 1.165) is 12.8 Å². The first kappa shape index (κ1) is 23.4. The summed E-state index contributed by atoms with van der Waals surface area (Å²) < 4.78 is 4.94. The van der Waals surface area contributed by atoms with E-state index in [0.29, 0.717) is 0 Å². The molecule has 198 valence electrons. The third-order valence-corrected chi connectivity index (χ3v) is 8.98. The van der Waals surface area contributed by atoms with Crippen molar-refractivity contribution in [3.05, 3.63) is 162 Å². The first-order chi connectivity index (χ1) is 20.9. The SMILES string of the molecule is C1=C(c2ccc3c4ccccc4n(-c4cccc5ccccc45)c3c2)c2c(n(-c3ccccc3)c3ccccc23)CC1. The Hall–Kier alpha value is -5.34. The van der Waals surface area contributed by atoms with Gasteiger partial charge in [0.2, 0.25) is 0 Å². The molecule has 2 heterocycles. The number of benzene rings is 6. The Labute approximate surface area is 244 Å². The normalized spacial score (nSPS) is 13.2. The smallest absolute Gasteiger partial charge is 0.0547 e. The van der Waals surface area contributed by atoms with Crippen molar-refractivity contribution >= 4 is 49.1 Å². The van der Waals surface area contributed by atoms with Crippen molar-refractivity contribution in [1.82, 2.24) is 9.13 Å². The molecule has 1 aliphatic carbocycles. The van der Waals surface area contributed by atoms with Gasteiger partial charge in [-0.3, -0.25) is 0 Å². The zero-order valence-electron chi connectivity index (χ0n) is 23.2. The van der Waals surface area contributed by atoms with Crippen molar-refractivity contribution in [2.75, 3.05) is 0 Å². The molecule has 0 atom stereocenters. The Morgan fingerprint density at radius 2 is 1.14 bits per heavy atom. The van der Waals surface area contributed by atoms with Gasteiger partial charge < -0.3 is 9.13 Å². The van der Waals surface area contributed by atoms with Gasteiger partial charge in [0.1, 0.15) is 0 Å². The lowest BCUT2D eigenvalue weighted by molar-refractivity contribution is 0.884. The first-order valence-electron chi connectivity index (χ1n) is 14.8. The summed E-state index contributed by atoms with van der Waals surface area (Å²) in [4.78, 5) is 0. The maximum absolute atomic E-state index is 2.48. The van der Waals surface area contributed by atoms with Crippen LogP contribution in [0.15, 0.2) is 146 Å². The second-order valence-corrected chi connectivity index (χ2v) is 11.2. The van der Waals surface area contributed by atoms with E-state index in [1.54, 1.807) is 0 Å². The van der Waals surface area contributed by atoms with Crippen LogP contribution in [0.3, 0.4) is 0 Å². The topological polar surface area (TPSA) is 9.86 Å². The highest BCUT2D eigenvalue weighted by molar-refractivity contribution is 6.12. The molecule has 0 saturated carbocycles. The highest BCUT2D eigenvalue weighted by atomic mass is 15.0. The van der Waals surface area contributed by atoms with Gasteiger partial charge in [0.25, 0.3) is 0 Å². The largest absolute Gasteiger partial charge is 0.313 e. The Kier molecular flexibility index (Phi) is 5.06. The molecule has 0 N–H and O–H groups in total. The predicted molar refractivity (Wildman–Crippen MR) is 177 cm³/mol. The summed E-state index contributed by atoms with van der Waals surface area (Å²) in [6.45, 7) is 0. The van der Waals surface area contributed by atoms with Crippen LogP contribution in [0, 0.1) is 0 Å². The van der Waals surface area contributed by atoms with Crippen molar-refractivity contribution in [2.24, 2.45) is 0 Å². The highest BCUT2D eigenvalue weighted by Crippen LogP contribution is 2.42. The van der Waals surface area contributed by atoms with Gasteiger partial charge in [0.15, 0.2) is 0 Å². The van der Waals surface area contributed by atoms with Gasteiger partial charge in [-0.05, 0) is 65.8 Å². The molecule has 0 spiro atoms. The van der Waals surface area contributed by atoms with Crippen LogP contribution in [-0.2, 0) is 6.42 Å². The number of allylic oxidation sites excluding steroid dienone is 1. The molecule has 0 amide bonds. The summed E-state index contributed by atoms with van der Waals surface area (Å²) >= 11 is 0. The van der Waals surface area contributed by atoms with Gasteiger partial charge in [0.05, 0.1) is 22.2 Å². The van der Waals surface area contributed by atoms with Gasteiger partial charge >= 0.3 is 0 Å². The van der Waals surface area contributed by atoms with Crippen molar-refractivity contribution in [2.45, 2.75) is 12.8 Å². The molecule has 8 aromatic rings. The Bertz CT molecular complexity index is 2340.